The molecule has 0 bridgehead atoms. The minimum absolute atomic E-state index is 0.302. The topological polar surface area (TPSA) is 74.2 Å². The van der Waals surface area contributed by atoms with E-state index in [4.69, 9.17) is 18.9 Å². The van der Waals surface area contributed by atoms with Gasteiger partial charge in [0.2, 0.25) is 0 Å². The van der Waals surface area contributed by atoms with Gasteiger partial charge in [-0.25, -0.2) is 4.79 Å². The molecule has 0 saturated carbocycles. The molecule has 3 atom stereocenters. The quantitative estimate of drug-likeness (QED) is 0.458. The van der Waals surface area contributed by atoms with Gasteiger partial charge in [-0.1, -0.05) is 30.9 Å². The van der Waals surface area contributed by atoms with E-state index in [0.29, 0.717) is 25.4 Å². The maximum absolute atomic E-state index is 11.5. The van der Waals surface area contributed by atoms with Crippen molar-refractivity contribution in [3.63, 3.8) is 0 Å². The number of methoxy groups -OCH3 is 2. The van der Waals surface area contributed by atoms with Crippen LogP contribution in [-0.4, -0.2) is 50.2 Å². The first-order valence-corrected chi connectivity index (χ1v) is 11.1. The van der Waals surface area contributed by atoms with E-state index in [1.54, 1.807) is 27.2 Å². The third-order valence-corrected chi connectivity index (χ3v) is 5.68. The van der Waals surface area contributed by atoms with E-state index in [1.165, 1.54) is 0 Å². The molecule has 2 rings (SSSR count). The van der Waals surface area contributed by atoms with Crippen molar-refractivity contribution in [2.45, 2.75) is 37.9 Å². The van der Waals surface area contributed by atoms with Crippen molar-refractivity contribution in [2.75, 3.05) is 27.4 Å². The molecule has 6 nitrogen and oxygen atoms in total. The van der Waals surface area contributed by atoms with Crippen LogP contribution in [0, 0.1) is 11.8 Å². The fourth-order valence-corrected chi connectivity index (χ4v) is 3.73. The van der Waals surface area contributed by atoms with E-state index >= 15 is 0 Å². The molecule has 1 aromatic rings. The molecule has 1 aliphatic carbocycles. The largest absolute Gasteiger partial charge is 0.501 e. The van der Waals surface area contributed by atoms with Gasteiger partial charge in [0.05, 0.1) is 17.3 Å². The Balaban J connectivity index is 1.96. The molecule has 0 aromatic heterocycles. The first kappa shape index (κ1) is 25.7. The van der Waals surface area contributed by atoms with Gasteiger partial charge in [0.15, 0.2) is 11.7 Å². The number of benzene rings is 1. The first-order chi connectivity index (χ1) is 15.4. The Bertz CT molecular complexity index is 939. The van der Waals surface area contributed by atoms with E-state index in [2.05, 4.69) is 27.8 Å². The Morgan fingerprint density at radius 3 is 2.78 bits per heavy atom. The van der Waals surface area contributed by atoms with Crippen LogP contribution in [0.25, 0.3) is 0 Å². The van der Waals surface area contributed by atoms with Crippen LogP contribution < -0.4 is 4.74 Å². The second-order valence-electron chi connectivity index (χ2n) is 7.14. The van der Waals surface area contributed by atoms with Gasteiger partial charge >= 0.3 is 5.97 Å². The molecule has 3 unspecified atom stereocenters. The van der Waals surface area contributed by atoms with Crippen LogP contribution in [0.4, 0.5) is 0 Å². The van der Waals surface area contributed by atoms with Crippen molar-refractivity contribution in [3.05, 3.63) is 64.4 Å². The van der Waals surface area contributed by atoms with Crippen molar-refractivity contribution in [2.24, 2.45) is 0 Å². The maximum Gasteiger partial charge on any atom is 0.333 e. The molecule has 0 heterocycles. The molecule has 1 aromatic carbocycles. The number of carbonyl (C=O) groups is 1. The maximum atomic E-state index is 11.5. The Morgan fingerprint density at radius 1 is 1.38 bits per heavy atom. The monoisotopic (exact) mass is 504 g/mol. The zero-order valence-electron chi connectivity index (χ0n) is 18.8. The summed E-state index contributed by atoms with van der Waals surface area (Å²) >= 11 is 3.50. The Labute approximate surface area is 198 Å². The van der Waals surface area contributed by atoms with E-state index in [9.17, 15) is 9.90 Å². The summed E-state index contributed by atoms with van der Waals surface area (Å²) in [4.78, 5) is 11.5. The van der Waals surface area contributed by atoms with Crippen molar-refractivity contribution < 1.29 is 28.8 Å². The molecule has 7 heteroatoms. The van der Waals surface area contributed by atoms with Gasteiger partial charge in [-0.2, -0.15) is 0 Å². The number of ether oxygens (including phenoxy) is 4. The minimum Gasteiger partial charge on any atom is -0.501 e. The summed E-state index contributed by atoms with van der Waals surface area (Å²) in [7, 11) is 3.25. The lowest BCUT2D eigenvalue weighted by molar-refractivity contribution is -0.151. The van der Waals surface area contributed by atoms with Crippen molar-refractivity contribution in [3.8, 4) is 17.6 Å². The molecule has 0 amide bonds. The van der Waals surface area contributed by atoms with Gasteiger partial charge in [0.25, 0.3) is 0 Å². The normalized spacial score (nSPS) is 19.6. The second-order valence-corrected chi connectivity index (χ2v) is 8.00. The number of aliphatic carboxylic acids is 1. The molecule has 0 fully saturated rings. The van der Waals surface area contributed by atoms with Crippen LogP contribution in [0.1, 0.15) is 31.7 Å². The molecule has 0 radical (unpaired) electrons. The lowest BCUT2D eigenvalue weighted by Crippen LogP contribution is -2.29. The number of allylic oxidation sites excluding steroid dienone is 3. The summed E-state index contributed by atoms with van der Waals surface area (Å²) in [5.41, 5.74) is 0.150. The fraction of sp³-hybridized carbons (Fsp3) is 0.400. The smallest absolute Gasteiger partial charge is 0.333 e. The minimum atomic E-state index is -0.976. The number of rotatable bonds is 10. The molecule has 0 saturated heterocycles. The van der Waals surface area contributed by atoms with Crippen molar-refractivity contribution in [1.29, 1.82) is 0 Å². The highest BCUT2D eigenvalue weighted by molar-refractivity contribution is 9.10. The van der Waals surface area contributed by atoms with E-state index in [-0.39, 0.29) is 5.92 Å². The Kier molecular flexibility index (Phi) is 10.0. The summed E-state index contributed by atoms with van der Waals surface area (Å²) in [6, 6.07) is 5.52. The highest BCUT2D eigenvalue weighted by Crippen LogP contribution is 2.31. The molecular weight excluding hydrogens is 476 g/mol. The standard InChI is InChI=1S/C25H29BrO6/c1-5-31-23(24(27)28)18(2)19-11-12-22(21(26)16-19)32-15-8-6-7-13-25(30-4)14-9-10-20(17-25)29-3/h6,8-12,14,16,18,23H,5,15,17H2,1-4H3,(H,27,28)/b8-6+. The van der Waals surface area contributed by atoms with Crippen molar-refractivity contribution >= 4 is 21.9 Å². The Hall–Kier alpha value is -2.53. The second kappa shape index (κ2) is 12.5. The number of hydrogen-bond donors (Lipinski definition) is 1. The molecule has 32 heavy (non-hydrogen) atoms. The fourth-order valence-electron chi connectivity index (χ4n) is 3.21. The molecule has 0 aliphatic heterocycles. The van der Waals surface area contributed by atoms with Gasteiger partial charge < -0.3 is 24.1 Å². The predicted molar refractivity (Wildman–Crippen MR) is 127 cm³/mol. The summed E-state index contributed by atoms with van der Waals surface area (Å²) < 4.78 is 22.8. The van der Waals surface area contributed by atoms with Gasteiger partial charge in [-0.3, -0.25) is 0 Å². The number of hydrogen-bond acceptors (Lipinski definition) is 5. The molecule has 1 N–H and O–H groups in total. The SMILES string of the molecule is CCOC(C(=O)O)C(C)c1ccc(OC/C=C/C#CC2(OC)C=CC=C(OC)C2)c(Br)c1. The van der Waals surface area contributed by atoms with Crippen LogP contribution in [0.5, 0.6) is 5.75 Å². The summed E-state index contributed by atoms with van der Waals surface area (Å²) in [6.07, 6.45) is 8.88. The summed E-state index contributed by atoms with van der Waals surface area (Å²) in [5.74, 6) is 6.31. The summed E-state index contributed by atoms with van der Waals surface area (Å²) in [5, 5.41) is 9.39. The zero-order chi connectivity index (χ0) is 23.6. The third kappa shape index (κ3) is 6.99. The van der Waals surface area contributed by atoms with Crippen LogP contribution in [-0.2, 0) is 19.0 Å². The van der Waals surface area contributed by atoms with E-state index in [0.717, 1.165) is 15.8 Å². The van der Waals surface area contributed by atoms with Crippen LogP contribution in [0.2, 0.25) is 0 Å². The van der Waals surface area contributed by atoms with Gasteiger partial charge in [0, 0.05) is 26.1 Å². The molecule has 172 valence electrons. The van der Waals surface area contributed by atoms with Gasteiger partial charge in [-0.05, 0) is 64.9 Å². The first-order valence-electron chi connectivity index (χ1n) is 10.3. The predicted octanol–water partition coefficient (Wildman–Crippen LogP) is 4.86. The lowest BCUT2D eigenvalue weighted by Gasteiger charge is -2.26. The number of carboxylic acid groups (broad SMARTS) is 1. The Morgan fingerprint density at radius 2 is 2.16 bits per heavy atom. The number of carboxylic acids is 1. The molecule has 0 spiro atoms. The molecular formula is C25H29BrO6. The van der Waals surface area contributed by atoms with Crippen LogP contribution >= 0.6 is 15.9 Å². The van der Waals surface area contributed by atoms with Crippen LogP contribution in [0.3, 0.4) is 0 Å². The van der Waals surface area contributed by atoms with E-state index in [1.807, 2.05) is 49.4 Å². The average molecular weight is 505 g/mol. The third-order valence-electron chi connectivity index (χ3n) is 5.06. The lowest BCUT2D eigenvalue weighted by atomic mass is 9.94. The molecule has 1 aliphatic rings. The van der Waals surface area contributed by atoms with Gasteiger partial charge in [-0.15, -0.1) is 0 Å². The zero-order valence-corrected chi connectivity index (χ0v) is 20.3. The van der Waals surface area contributed by atoms with Crippen LogP contribution in [0.15, 0.2) is 58.8 Å². The highest BCUT2D eigenvalue weighted by atomic mass is 79.9. The summed E-state index contributed by atoms with van der Waals surface area (Å²) in [6.45, 7) is 4.28. The van der Waals surface area contributed by atoms with Crippen molar-refractivity contribution in [1.82, 2.24) is 0 Å². The van der Waals surface area contributed by atoms with E-state index < -0.39 is 17.7 Å². The van der Waals surface area contributed by atoms with Gasteiger partial charge in [0.1, 0.15) is 12.4 Å². The highest BCUT2D eigenvalue weighted by Gasteiger charge is 2.28. The average Bonchev–Trinajstić information content (AvgIpc) is 2.80. The number of halogens is 1.